The third-order valence-corrected chi connectivity index (χ3v) is 6.49. The van der Waals surface area contributed by atoms with Gasteiger partial charge in [0.15, 0.2) is 0 Å². The first-order chi connectivity index (χ1) is 17.4. The van der Waals surface area contributed by atoms with Gasteiger partial charge in [-0.15, -0.1) is 0 Å². The average molecular weight is 502 g/mol. The van der Waals surface area contributed by atoms with E-state index in [1.54, 1.807) is 31.2 Å². The molecule has 0 aromatic heterocycles. The third-order valence-electron chi connectivity index (χ3n) is 6.49. The third kappa shape index (κ3) is 8.82. The molecule has 0 bridgehead atoms. The molecule has 10 heteroatoms. The molecule has 2 heterocycles. The van der Waals surface area contributed by atoms with E-state index in [-0.39, 0.29) is 30.6 Å². The number of likely N-dealkylation sites (tertiary alicyclic amines) is 1. The molecule has 10 nitrogen and oxygen atoms in total. The minimum absolute atomic E-state index is 0.0136. The highest BCUT2D eigenvalue weighted by atomic mass is 16.5. The number of hydrogen-bond donors (Lipinski definition) is 4. The van der Waals surface area contributed by atoms with E-state index in [9.17, 15) is 19.2 Å². The van der Waals surface area contributed by atoms with Crippen molar-refractivity contribution in [1.29, 1.82) is 0 Å². The van der Waals surface area contributed by atoms with Crippen LogP contribution < -0.4 is 26.0 Å². The van der Waals surface area contributed by atoms with Gasteiger partial charge in [-0.05, 0) is 57.8 Å². The van der Waals surface area contributed by atoms with Gasteiger partial charge in [-0.3, -0.25) is 19.2 Å². The van der Waals surface area contributed by atoms with Crippen molar-refractivity contribution in [2.24, 2.45) is 0 Å². The zero-order valence-corrected chi connectivity index (χ0v) is 21.1. The molecule has 198 valence electrons. The van der Waals surface area contributed by atoms with Crippen molar-refractivity contribution in [2.75, 3.05) is 39.3 Å². The van der Waals surface area contributed by atoms with Crippen molar-refractivity contribution in [1.82, 2.24) is 26.2 Å². The van der Waals surface area contributed by atoms with Crippen LogP contribution >= 0.6 is 0 Å². The second-order valence-corrected chi connectivity index (χ2v) is 9.39. The highest BCUT2D eigenvalue weighted by Gasteiger charge is 2.25. The normalized spacial score (nSPS) is 23.2. The van der Waals surface area contributed by atoms with Crippen LogP contribution in [0.4, 0.5) is 0 Å². The monoisotopic (exact) mass is 501 g/mol. The van der Waals surface area contributed by atoms with Crippen LogP contribution in [0.2, 0.25) is 0 Å². The number of benzene rings is 1. The van der Waals surface area contributed by atoms with Crippen LogP contribution in [0.15, 0.2) is 24.3 Å². The number of amides is 4. The number of carbonyl (C=O) groups excluding carboxylic acids is 4. The number of nitrogens with one attached hydrogen (secondary N) is 4. The number of carbonyl (C=O) groups is 4. The summed E-state index contributed by atoms with van der Waals surface area (Å²) in [6.45, 7) is 5.55. The van der Waals surface area contributed by atoms with Crippen LogP contribution in [-0.2, 0) is 14.4 Å². The minimum Gasteiger partial charge on any atom is -0.493 e. The summed E-state index contributed by atoms with van der Waals surface area (Å²) < 4.78 is 5.79. The zero-order chi connectivity index (χ0) is 25.8. The molecule has 1 aromatic carbocycles. The Morgan fingerprint density at radius 1 is 1.06 bits per heavy atom. The highest BCUT2D eigenvalue weighted by Crippen LogP contribution is 2.18. The summed E-state index contributed by atoms with van der Waals surface area (Å²) in [5, 5.41) is 11.1. The van der Waals surface area contributed by atoms with Crippen molar-refractivity contribution in [3.63, 3.8) is 0 Å². The molecule has 1 aromatic rings. The Morgan fingerprint density at radius 3 is 2.58 bits per heavy atom. The van der Waals surface area contributed by atoms with E-state index in [0.717, 1.165) is 19.6 Å². The molecule has 0 aliphatic carbocycles. The van der Waals surface area contributed by atoms with E-state index in [1.807, 2.05) is 0 Å². The van der Waals surface area contributed by atoms with Crippen molar-refractivity contribution >= 4 is 23.6 Å². The van der Waals surface area contributed by atoms with Crippen LogP contribution in [0.25, 0.3) is 0 Å². The van der Waals surface area contributed by atoms with Gasteiger partial charge >= 0.3 is 0 Å². The van der Waals surface area contributed by atoms with E-state index in [2.05, 4.69) is 26.2 Å². The Balaban J connectivity index is 1.68. The van der Waals surface area contributed by atoms with Crippen LogP contribution in [-0.4, -0.2) is 79.9 Å². The van der Waals surface area contributed by atoms with Crippen LogP contribution in [0.1, 0.15) is 62.2 Å². The predicted octanol–water partition coefficient (Wildman–Crippen LogP) is 0.961. The van der Waals surface area contributed by atoms with Gasteiger partial charge in [0, 0.05) is 26.1 Å². The van der Waals surface area contributed by atoms with E-state index in [0.29, 0.717) is 37.4 Å². The standard InChI is InChI=1S/C26H39N5O5/c1-19-24(33)27-13-8-18-36-22-10-5-4-9-20(22)25(34)30-21(11-12-23(32)29-19)26(35)28-14-17-31-15-6-2-3-7-16-31/h4-5,9-10,19,21H,2-3,6-8,11-18H2,1H3,(H,27,33)(H,28,35)(H,29,32)(H,30,34)/t19-,21-/m0/s1. The maximum Gasteiger partial charge on any atom is 0.255 e. The van der Waals surface area contributed by atoms with Gasteiger partial charge in [0.1, 0.15) is 17.8 Å². The van der Waals surface area contributed by atoms with Gasteiger partial charge < -0.3 is 30.9 Å². The SMILES string of the molecule is C[C@@H]1NC(=O)CC[C@@H](C(=O)NCCN2CCCCCC2)NC(=O)c2ccccc2OCCCNC1=O. The van der Waals surface area contributed by atoms with Gasteiger partial charge in [0.2, 0.25) is 17.7 Å². The number of nitrogens with zero attached hydrogens (tertiary/aromatic N) is 1. The Labute approximate surface area is 212 Å². The Bertz CT molecular complexity index is 900. The molecule has 4 N–H and O–H groups in total. The molecule has 1 saturated heterocycles. The second kappa shape index (κ2) is 14.4. The Hall–Kier alpha value is -3.14. The quantitative estimate of drug-likeness (QED) is 0.487. The summed E-state index contributed by atoms with van der Waals surface area (Å²) in [6, 6.07) is 5.22. The largest absolute Gasteiger partial charge is 0.493 e. The van der Waals surface area contributed by atoms with E-state index < -0.39 is 18.0 Å². The molecule has 4 amide bonds. The van der Waals surface area contributed by atoms with Gasteiger partial charge in [-0.2, -0.15) is 0 Å². The average Bonchev–Trinajstić information content (AvgIpc) is 3.14. The van der Waals surface area contributed by atoms with Crippen LogP contribution in [0, 0.1) is 0 Å². The lowest BCUT2D eigenvalue weighted by atomic mass is 10.1. The number of fused-ring (bicyclic) bond motifs is 1. The van der Waals surface area contributed by atoms with Gasteiger partial charge in [-0.25, -0.2) is 0 Å². The molecule has 2 aliphatic heterocycles. The molecule has 0 spiro atoms. The molecule has 0 unspecified atom stereocenters. The lowest BCUT2D eigenvalue weighted by Crippen LogP contribution is -2.49. The van der Waals surface area contributed by atoms with E-state index >= 15 is 0 Å². The Kier molecular flexibility index (Phi) is 11.0. The molecule has 0 radical (unpaired) electrons. The number of hydrogen-bond acceptors (Lipinski definition) is 6. The van der Waals surface area contributed by atoms with Gasteiger partial charge in [0.25, 0.3) is 5.91 Å². The lowest BCUT2D eigenvalue weighted by molar-refractivity contribution is -0.129. The van der Waals surface area contributed by atoms with Crippen molar-refractivity contribution < 1.29 is 23.9 Å². The maximum atomic E-state index is 13.1. The molecule has 2 atom stereocenters. The predicted molar refractivity (Wildman–Crippen MR) is 136 cm³/mol. The first-order valence-corrected chi connectivity index (χ1v) is 13.0. The van der Waals surface area contributed by atoms with E-state index in [4.69, 9.17) is 4.74 Å². The fourth-order valence-electron chi connectivity index (χ4n) is 4.38. The highest BCUT2D eigenvalue weighted by molar-refractivity contribution is 5.99. The summed E-state index contributed by atoms with van der Waals surface area (Å²) in [5.74, 6) is -1.01. The molecule has 0 saturated carbocycles. The van der Waals surface area contributed by atoms with Crippen molar-refractivity contribution in [3.05, 3.63) is 29.8 Å². The molecule has 2 aliphatic rings. The van der Waals surface area contributed by atoms with Gasteiger partial charge in [-0.1, -0.05) is 25.0 Å². The number of ether oxygens (including phenoxy) is 1. The second-order valence-electron chi connectivity index (χ2n) is 9.39. The molecule has 36 heavy (non-hydrogen) atoms. The van der Waals surface area contributed by atoms with Crippen molar-refractivity contribution in [2.45, 2.75) is 64.0 Å². The van der Waals surface area contributed by atoms with E-state index in [1.165, 1.54) is 25.7 Å². The van der Waals surface area contributed by atoms with Gasteiger partial charge in [0.05, 0.1) is 12.2 Å². The Morgan fingerprint density at radius 2 is 1.81 bits per heavy atom. The molecular weight excluding hydrogens is 462 g/mol. The first-order valence-electron chi connectivity index (χ1n) is 13.0. The summed E-state index contributed by atoms with van der Waals surface area (Å²) in [5.41, 5.74) is 0.314. The topological polar surface area (TPSA) is 129 Å². The summed E-state index contributed by atoms with van der Waals surface area (Å²) in [7, 11) is 0. The fraction of sp³-hybridized carbons (Fsp3) is 0.615. The number of rotatable bonds is 4. The molecule has 3 rings (SSSR count). The van der Waals surface area contributed by atoms with Crippen LogP contribution in [0.5, 0.6) is 5.75 Å². The molecular formula is C26H39N5O5. The molecule has 1 fully saturated rings. The first kappa shape index (κ1) is 27.4. The summed E-state index contributed by atoms with van der Waals surface area (Å²) in [6.07, 6.45) is 5.43. The minimum atomic E-state index is -0.905. The number of para-hydroxylation sites is 1. The fourth-order valence-corrected chi connectivity index (χ4v) is 4.38. The zero-order valence-electron chi connectivity index (χ0n) is 21.1. The van der Waals surface area contributed by atoms with Crippen LogP contribution in [0.3, 0.4) is 0 Å². The summed E-state index contributed by atoms with van der Waals surface area (Å²) in [4.78, 5) is 53.2. The van der Waals surface area contributed by atoms with Crippen molar-refractivity contribution in [3.8, 4) is 5.75 Å². The lowest BCUT2D eigenvalue weighted by Gasteiger charge is -2.23. The smallest absolute Gasteiger partial charge is 0.255 e. The summed E-state index contributed by atoms with van der Waals surface area (Å²) >= 11 is 0. The maximum absolute atomic E-state index is 13.1.